The van der Waals surface area contributed by atoms with Crippen LogP contribution in [-0.4, -0.2) is 63.0 Å². The Balaban J connectivity index is 2.23. The first-order valence-electron chi connectivity index (χ1n) is 9.72. The van der Waals surface area contributed by atoms with E-state index in [0.29, 0.717) is 5.56 Å². The third kappa shape index (κ3) is 6.80. The molecular weight excluding hydrogens is 422 g/mol. The number of aromatic amines is 1. The number of para-hydroxylation sites is 1. The number of H-pyrrole nitrogens is 1. The first kappa shape index (κ1) is 24.3. The van der Waals surface area contributed by atoms with E-state index in [-0.39, 0.29) is 19.3 Å². The fourth-order valence-corrected chi connectivity index (χ4v) is 3.09. The Hall–Kier alpha value is -3.93. The third-order valence-corrected chi connectivity index (χ3v) is 4.76. The smallest absolute Gasteiger partial charge is 0.326 e. The average Bonchev–Trinajstić information content (AvgIpc) is 3.13. The summed E-state index contributed by atoms with van der Waals surface area (Å²) in [5, 5.41) is 23.5. The van der Waals surface area contributed by atoms with Gasteiger partial charge in [0.25, 0.3) is 0 Å². The van der Waals surface area contributed by atoms with Gasteiger partial charge in [-0.1, -0.05) is 18.2 Å². The van der Waals surface area contributed by atoms with Crippen molar-refractivity contribution in [2.24, 2.45) is 11.5 Å². The second-order valence-electron chi connectivity index (χ2n) is 7.23. The van der Waals surface area contributed by atoms with Gasteiger partial charge in [-0.05, 0) is 18.1 Å². The van der Waals surface area contributed by atoms with Crippen LogP contribution in [0.1, 0.15) is 24.8 Å². The van der Waals surface area contributed by atoms with Crippen molar-refractivity contribution < 1.29 is 34.2 Å². The number of nitrogens with one attached hydrogen (secondary N) is 3. The van der Waals surface area contributed by atoms with E-state index in [0.717, 1.165) is 10.9 Å². The van der Waals surface area contributed by atoms with Crippen LogP contribution in [0.25, 0.3) is 10.9 Å². The summed E-state index contributed by atoms with van der Waals surface area (Å²) in [5.41, 5.74) is 12.2. The number of primary amides is 1. The lowest BCUT2D eigenvalue weighted by molar-refractivity contribution is -0.143. The number of aromatic nitrogens is 1. The van der Waals surface area contributed by atoms with Crippen molar-refractivity contribution in [1.82, 2.24) is 15.6 Å². The maximum absolute atomic E-state index is 12.8. The predicted molar refractivity (Wildman–Crippen MR) is 112 cm³/mol. The molecule has 0 radical (unpaired) electrons. The summed E-state index contributed by atoms with van der Waals surface area (Å²) in [4.78, 5) is 61.6. The van der Waals surface area contributed by atoms with Crippen LogP contribution in [0.15, 0.2) is 30.5 Å². The van der Waals surface area contributed by atoms with Gasteiger partial charge < -0.3 is 37.3 Å². The molecular formula is C20H25N5O7. The molecule has 2 aromatic rings. The molecule has 0 aliphatic heterocycles. The topological polar surface area (TPSA) is 218 Å². The van der Waals surface area contributed by atoms with Gasteiger partial charge in [0, 0.05) is 29.9 Å². The van der Waals surface area contributed by atoms with Gasteiger partial charge in [-0.15, -0.1) is 0 Å². The van der Waals surface area contributed by atoms with Crippen molar-refractivity contribution in [1.29, 1.82) is 0 Å². The lowest BCUT2D eigenvalue weighted by Crippen LogP contribution is -2.55. The normalized spacial score (nSPS) is 13.7. The van der Waals surface area contributed by atoms with Crippen LogP contribution in [0.2, 0.25) is 0 Å². The summed E-state index contributed by atoms with van der Waals surface area (Å²) in [6.45, 7) is 0. The highest BCUT2D eigenvalue weighted by Gasteiger charge is 2.29. The van der Waals surface area contributed by atoms with Gasteiger partial charge >= 0.3 is 11.9 Å². The maximum atomic E-state index is 12.8. The number of aliphatic carboxylic acids is 2. The summed E-state index contributed by atoms with van der Waals surface area (Å²) < 4.78 is 0. The van der Waals surface area contributed by atoms with Crippen LogP contribution in [0, 0.1) is 0 Å². The second-order valence-corrected chi connectivity index (χ2v) is 7.23. The molecule has 0 fully saturated rings. The lowest BCUT2D eigenvalue weighted by atomic mass is 10.0. The summed E-state index contributed by atoms with van der Waals surface area (Å²) in [6, 6.07) is 3.23. The number of carbonyl (C=O) groups excluding carboxylic acids is 3. The summed E-state index contributed by atoms with van der Waals surface area (Å²) >= 11 is 0. The van der Waals surface area contributed by atoms with Crippen molar-refractivity contribution in [2.45, 2.75) is 43.8 Å². The number of fused-ring (bicyclic) bond motifs is 1. The second kappa shape index (κ2) is 10.9. The zero-order valence-electron chi connectivity index (χ0n) is 17.0. The summed E-state index contributed by atoms with van der Waals surface area (Å²) in [7, 11) is 0. The molecule has 1 heterocycles. The van der Waals surface area contributed by atoms with E-state index in [1.807, 2.05) is 18.2 Å². The molecule has 0 aliphatic carbocycles. The minimum atomic E-state index is -1.58. The van der Waals surface area contributed by atoms with Gasteiger partial charge in [-0.25, -0.2) is 4.79 Å². The molecule has 32 heavy (non-hydrogen) atoms. The van der Waals surface area contributed by atoms with Crippen LogP contribution in [0.5, 0.6) is 0 Å². The Kier molecular flexibility index (Phi) is 8.30. The van der Waals surface area contributed by atoms with Crippen molar-refractivity contribution >= 4 is 40.6 Å². The molecule has 12 heteroatoms. The fourth-order valence-electron chi connectivity index (χ4n) is 3.09. The molecule has 0 spiro atoms. The van der Waals surface area contributed by atoms with E-state index in [4.69, 9.17) is 16.6 Å². The van der Waals surface area contributed by atoms with Gasteiger partial charge in [0.05, 0.1) is 12.5 Å². The molecule has 0 saturated carbocycles. The lowest BCUT2D eigenvalue weighted by Gasteiger charge is -2.22. The molecule has 3 amide bonds. The van der Waals surface area contributed by atoms with E-state index in [1.165, 1.54) is 0 Å². The van der Waals surface area contributed by atoms with Crippen molar-refractivity contribution in [3.8, 4) is 0 Å². The monoisotopic (exact) mass is 447 g/mol. The number of nitrogens with two attached hydrogens (primary N) is 2. The zero-order valence-corrected chi connectivity index (χ0v) is 17.0. The Morgan fingerprint density at radius 3 is 2.28 bits per heavy atom. The number of amides is 3. The molecule has 2 rings (SSSR count). The number of rotatable bonds is 12. The van der Waals surface area contributed by atoms with Crippen molar-refractivity contribution in [3.05, 3.63) is 36.0 Å². The first-order valence-corrected chi connectivity index (χ1v) is 9.72. The molecule has 0 bridgehead atoms. The van der Waals surface area contributed by atoms with E-state index >= 15 is 0 Å². The van der Waals surface area contributed by atoms with Gasteiger partial charge in [0.1, 0.15) is 12.1 Å². The van der Waals surface area contributed by atoms with Gasteiger partial charge in [-0.2, -0.15) is 0 Å². The zero-order chi connectivity index (χ0) is 23.8. The highest BCUT2D eigenvalue weighted by Crippen LogP contribution is 2.19. The molecule has 0 aliphatic rings. The number of hydrogen-bond donors (Lipinski definition) is 7. The minimum Gasteiger partial charge on any atom is -0.481 e. The van der Waals surface area contributed by atoms with E-state index in [9.17, 15) is 29.1 Å². The highest BCUT2D eigenvalue weighted by atomic mass is 16.4. The van der Waals surface area contributed by atoms with Crippen molar-refractivity contribution in [3.63, 3.8) is 0 Å². The van der Waals surface area contributed by atoms with Gasteiger partial charge in [0.15, 0.2) is 0 Å². The van der Waals surface area contributed by atoms with Crippen LogP contribution in [0.3, 0.4) is 0 Å². The molecule has 12 nitrogen and oxygen atoms in total. The van der Waals surface area contributed by atoms with E-state index < -0.39 is 54.2 Å². The standard InChI is InChI=1S/C20H25N5O7/c21-12(5-6-17(27)28)18(29)24-14(19(30)25-15(20(31)32)8-16(22)26)7-10-9-23-13-4-2-1-3-11(10)13/h1-4,9,12,14-15,23H,5-8,21H2,(H2,22,26)(H,24,29)(H,25,30)(H,27,28)(H,31,32)/t12-,14-,15-/m0/s1. The van der Waals surface area contributed by atoms with Gasteiger partial charge in [0.2, 0.25) is 17.7 Å². The number of carbonyl (C=O) groups is 5. The van der Waals surface area contributed by atoms with E-state index in [1.54, 1.807) is 12.3 Å². The summed E-state index contributed by atoms with van der Waals surface area (Å²) in [5.74, 6) is -5.15. The average molecular weight is 447 g/mol. The van der Waals surface area contributed by atoms with Crippen LogP contribution < -0.4 is 22.1 Å². The van der Waals surface area contributed by atoms with E-state index in [2.05, 4.69) is 15.6 Å². The Labute approximate surface area is 182 Å². The van der Waals surface area contributed by atoms with Crippen LogP contribution in [0.4, 0.5) is 0 Å². The molecule has 172 valence electrons. The minimum absolute atomic E-state index is 0.0177. The fraction of sp³-hybridized carbons (Fsp3) is 0.350. The SMILES string of the molecule is NC(=O)C[C@H](NC(=O)[C@H](Cc1c[nH]c2ccccc12)NC(=O)[C@@H](N)CCC(=O)O)C(=O)O. The maximum Gasteiger partial charge on any atom is 0.326 e. The highest BCUT2D eigenvalue weighted by molar-refractivity contribution is 5.94. The van der Waals surface area contributed by atoms with Crippen molar-refractivity contribution in [2.75, 3.05) is 0 Å². The molecule has 0 saturated heterocycles. The first-order chi connectivity index (χ1) is 15.1. The summed E-state index contributed by atoms with van der Waals surface area (Å²) in [6.07, 6.45) is 0.512. The molecule has 1 aromatic heterocycles. The number of benzene rings is 1. The quantitative estimate of drug-likeness (QED) is 0.210. The van der Waals surface area contributed by atoms with Gasteiger partial charge in [-0.3, -0.25) is 19.2 Å². The predicted octanol–water partition coefficient (Wildman–Crippen LogP) is -1.17. The largest absolute Gasteiger partial charge is 0.481 e. The Morgan fingerprint density at radius 2 is 1.66 bits per heavy atom. The third-order valence-electron chi connectivity index (χ3n) is 4.76. The molecule has 0 unspecified atom stereocenters. The molecule has 9 N–H and O–H groups in total. The number of carboxylic acid groups (broad SMARTS) is 2. The molecule has 3 atom stereocenters. The Morgan fingerprint density at radius 1 is 1.00 bits per heavy atom. The van der Waals surface area contributed by atoms with Crippen LogP contribution >= 0.6 is 0 Å². The number of carboxylic acids is 2. The molecule has 1 aromatic carbocycles. The van der Waals surface area contributed by atoms with Crippen LogP contribution in [-0.2, 0) is 30.4 Å². The number of hydrogen-bond acceptors (Lipinski definition) is 6. The Bertz CT molecular complexity index is 1020.